The molecule has 1 N–H and O–H groups in total. The average molecular weight is 255 g/mol. The van der Waals surface area contributed by atoms with Crippen molar-refractivity contribution in [2.75, 3.05) is 33.4 Å². The smallest absolute Gasteiger partial charge is 0.308 e. The van der Waals surface area contributed by atoms with Gasteiger partial charge in [-0.2, -0.15) is 0 Å². The molecule has 1 heterocycles. The number of carbonyl (C=O) groups is 1. The third kappa shape index (κ3) is 3.45. The maximum atomic E-state index is 11.5. The van der Waals surface area contributed by atoms with Crippen LogP contribution in [0.3, 0.4) is 0 Å². The number of carbonyl (C=O) groups excluding carboxylic acids is 1. The molecule has 104 valence electrons. The van der Waals surface area contributed by atoms with Crippen molar-refractivity contribution < 1.29 is 14.6 Å². The summed E-state index contributed by atoms with van der Waals surface area (Å²) in [5.74, 6) is 1.26. The SMILES string of the molecule is COC(=O)C1CCC(CN2CCC(CO)CC2)C1. The molecule has 1 saturated heterocycles. The van der Waals surface area contributed by atoms with Crippen LogP contribution in [0.2, 0.25) is 0 Å². The molecule has 0 bridgehead atoms. The zero-order chi connectivity index (χ0) is 13.0. The van der Waals surface area contributed by atoms with Crippen molar-refractivity contribution >= 4 is 5.97 Å². The van der Waals surface area contributed by atoms with Crippen molar-refractivity contribution in [3.8, 4) is 0 Å². The number of ether oxygens (including phenoxy) is 1. The Morgan fingerprint density at radius 1 is 1.22 bits per heavy atom. The highest BCUT2D eigenvalue weighted by Crippen LogP contribution is 2.33. The van der Waals surface area contributed by atoms with Crippen LogP contribution in [0.4, 0.5) is 0 Å². The topological polar surface area (TPSA) is 49.8 Å². The summed E-state index contributed by atoms with van der Waals surface area (Å²) in [4.78, 5) is 14.0. The molecular formula is C14H25NO3. The van der Waals surface area contributed by atoms with Gasteiger partial charge < -0.3 is 14.7 Å². The number of likely N-dealkylation sites (tertiary alicyclic amines) is 1. The van der Waals surface area contributed by atoms with E-state index in [-0.39, 0.29) is 11.9 Å². The van der Waals surface area contributed by atoms with Gasteiger partial charge in [-0.1, -0.05) is 0 Å². The van der Waals surface area contributed by atoms with E-state index in [1.165, 1.54) is 7.11 Å². The predicted octanol–water partition coefficient (Wildman–Crippen LogP) is 1.28. The molecule has 2 rings (SSSR count). The standard InChI is InChI=1S/C14H25NO3/c1-18-14(17)13-3-2-12(8-13)9-15-6-4-11(10-16)5-7-15/h11-13,16H,2-10H2,1H3. The van der Waals surface area contributed by atoms with Crippen LogP contribution in [0.5, 0.6) is 0 Å². The molecule has 4 nitrogen and oxygen atoms in total. The van der Waals surface area contributed by atoms with E-state index in [1.54, 1.807) is 0 Å². The van der Waals surface area contributed by atoms with Gasteiger partial charge in [0.25, 0.3) is 0 Å². The number of rotatable bonds is 4. The van der Waals surface area contributed by atoms with Gasteiger partial charge in [0.05, 0.1) is 13.0 Å². The number of esters is 1. The fraction of sp³-hybridized carbons (Fsp3) is 0.929. The second-order valence-electron chi connectivity index (χ2n) is 5.83. The van der Waals surface area contributed by atoms with Crippen LogP contribution in [0.25, 0.3) is 0 Å². The van der Waals surface area contributed by atoms with Crippen molar-refractivity contribution in [1.82, 2.24) is 4.90 Å². The molecule has 1 aliphatic heterocycles. The molecule has 0 aromatic heterocycles. The monoisotopic (exact) mass is 255 g/mol. The van der Waals surface area contributed by atoms with Crippen LogP contribution in [0.1, 0.15) is 32.1 Å². The van der Waals surface area contributed by atoms with Gasteiger partial charge in [-0.15, -0.1) is 0 Å². The van der Waals surface area contributed by atoms with Gasteiger partial charge in [-0.25, -0.2) is 0 Å². The van der Waals surface area contributed by atoms with E-state index in [0.29, 0.717) is 18.4 Å². The fourth-order valence-electron chi connectivity index (χ4n) is 3.34. The Balaban J connectivity index is 1.70. The molecule has 1 aliphatic carbocycles. The minimum atomic E-state index is -0.0310. The van der Waals surface area contributed by atoms with Gasteiger partial charge in [0.2, 0.25) is 0 Å². The van der Waals surface area contributed by atoms with Crippen LogP contribution in [0.15, 0.2) is 0 Å². The highest BCUT2D eigenvalue weighted by molar-refractivity contribution is 5.72. The van der Waals surface area contributed by atoms with Crippen molar-refractivity contribution in [3.05, 3.63) is 0 Å². The van der Waals surface area contributed by atoms with E-state index in [2.05, 4.69) is 4.90 Å². The van der Waals surface area contributed by atoms with E-state index in [4.69, 9.17) is 9.84 Å². The lowest BCUT2D eigenvalue weighted by Gasteiger charge is -2.32. The number of aliphatic hydroxyl groups excluding tert-OH is 1. The lowest BCUT2D eigenvalue weighted by atomic mass is 9.96. The largest absolute Gasteiger partial charge is 0.469 e. The molecule has 2 fully saturated rings. The third-order valence-electron chi connectivity index (χ3n) is 4.56. The molecule has 0 aromatic carbocycles. The molecule has 2 unspecified atom stereocenters. The Labute approximate surface area is 109 Å². The summed E-state index contributed by atoms with van der Waals surface area (Å²) in [6, 6.07) is 0. The van der Waals surface area contributed by atoms with Crippen LogP contribution in [0, 0.1) is 17.8 Å². The molecule has 0 spiro atoms. The van der Waals surface area contributed by atoms with Gasteiger partial charge in [0, 0.05) is 13.2 Å². The van der Waals surface area contributed by atoms with E-state index < -0.39 is 0 Å². The van der Waals surface area contributed by atoms with E-state index in [0.717, 1.165) is 51.7 Å². The molecule has 0 amide bonds. The molecule has 0 radical (unpaired) electrons. The second-order valence-corrected chi connectivity index (χ2v) is 5.83. The van der Waals surface area contributed by atoms with Crippen LogP contribution < -0.4 is 0 Å². The first-order valence-electron chi connectivity index (χ1n) is 7.14. The summed E-state index contributed by atoms with van der Waals surface area (Å²) in [5.41, 5.74) is 0. The maximum absolute atomic E-state index is 11.5. The fourth-order valence-corrected chi connectivity index (χ4v) is 3.34. The Hall–Kier alpha value is -0.610. The summed E-state index contributed by atoms with van der Waals surface area (Å²) < 4.78 is 4.82. The van der Waals surface area contributed by atoms with Crippen LogP contribution >= 0.6 is 0 Å². The summed E-state index contributed by atoms with van der Waals surface area (Å²) >= 11 is 0. The quantitative estimate of drug-likeness (QED) is 0.769. The normalized spacial score (nSPS) is 30.6. The van der Waals surface area contributed by atoms with Crippen molar-refractivity contribution in [2.24, 2.45) is 17.8 Å². The van der Waals surface area contributed by atoms with E-state index >= 15 is 0 Å². The second kappa shape index (κ2) is 6.53. The summed E-state index contributed by atoms with van der Waals surface area (Å²) in [6.45, 7) is 3.66. The van der Waals surface area contributed by atoms with Gasteiger partial charge in [-0.05, 0) is 57.0 Å². The first-order chi connectivity index (χ1) is 8.72. The van der Waals surface area contributed by atoms with Crippen molar-refractivity contribution in [3.63, 3.8) is 0 Å². The van der Waals surface area contributed by atoms with Crippen molar-refractivity contribution in [2.45, 2.75) is 32.1 Å². The first kappa shape index (κ1) is 13.8. The molecule has 2 atom stereocenters. The first-order valence-corrected chi connectivity index (χ1v) is 7.14. The van der Waals surface area contributed by atoms with Gasteiger partial charge >= 0.3 is 5.97 Å². The third-order valence-corrected chi connectivity index (χ3v) is 4.56. The molecule has 0 aromatic rings. The van der Waals surface area contributed by atoms with E-state index in [9.17, 15) is 4.79 Å². The number of hydrogen-bond acceptors (Lipinski definition) is 4. The van der Waals surface area contributed by atoms with Gasteiger partial charge in [-0.3, -0.25) is 4.79 Å². The zero-order valence-electron chi connectivity index (χ0n) is 11.3. The Morgan fingerprint density at radius 2 is 1.94 bits per heavy atom. The predicted molar refractivity (Wildman–Crippen MR) is 69.1 cm³/mol. The lowest BCUT2D eigenvalue weighted by Crippen LogP contribution is -2.37. The molecule has 4 heteroatoms. The minimum Gasteiger partial charge on any atom is -0.469 e. The number of piperidine rings is 1. The van der Waals surface area contributed by atoms with Gasteiger partial charge in [0.15, 0.2) is 0 Å². The van der Waals surface area contributed by atoms with E-state index in [1.807, 2.05) is 0 Å². The molecular weight excluding hydrogens is 230 g/mol. The number of nitrogens with zero attached hydrogens (tertiary/aromatic N) is 1. The molecule has 2 aliphatic rings. The average Bonchev–Trinajstić information content (AvgIpc) is 2.87. The maximum Gasteiger partial charge on any atom is 0.308 e. The summed E-state index contributed by atoms with van der Waals surface area (Å²) in [6.07, 6.45) is 5.37. The highest BCUT2D eigenvalue weighted by atomic mass is 16.5. The number of aliphatic hydroxyl groups is 1. The highest BCUT2D eigenvalue weighted by Gasteiger charge is 2.32. The number of hydrogen-bond donors (Lipinski definition) is 1. The number of methoxy groups -OCH3 is 1. The summed E-state index contributed by atoms with van der Waals surface area (Å²) in [7, 11) is 1.48. The van der Waals surface area contributed by atoms with Crippen LogP contribution in [-0.4, -0.2) is 49.3 Å². The zero-order valence-corrected chi connectivity index (χ0v) is 11.3. The van der Waals surface area contributed by atoms with Crippen LogP contribution in [-0.2, 0) is 9.53 Å². The molecule has 1 saturated carbocycles. The summed E-state index contributed by atoms with van der Waals surface area (Å²) in [5, 5.41) is 9.11. The Bertz CT molecular complexity index is 274. The Morgan fingerprint density at radius 3 is 2.56 bits per heavy atom. The van der Waals surface area contributed by atoms with Crippen molar-refractivity contribution in [1.29, 1.82) is 0 Å². The lowest BCUT2D eigenvalue weighted by molar-refractivity contribution is -0.145. The molecule has 18 heavy (non-hydrogen) atoms. The minimum absolute atomic E-state index is 0.0310. The Kier molecular flexibility index (Phi) is 5.01. The van der Waals surface area contributed by atoms with Gasteiger partial charge in [0.1, 0.15) is 0 Å².